The number of halogens is 2. The number of hydrogen-bond donors (Lipinski definition) is 1. The van der Waals surface area contributed by atoms with Crippen LogP contribution in [0.25, 0.3) is 0 Å². The molecule has 1 aromatic carbocycles. The summed E-state index contributed by atoms with van der Waals surface area (Å²) in [4.78, 5) is 0. The standard InChI is InChI=1S/C11H15ClFNO2S/c1-14-11(5-6-17(2,15)16)9-4-3-8(12)7-10(9)13/h3-4,7,11,14H,5-6H2,1-2H3. The predicted octanol–water partition coefficient (Wildman–Crippen LogP) is 2.17. The van der Waals surface area contributed by atoms with Gasteiger partial charge >= 0.3 is 0 Å². The Bertz CT molecular complexity index is 490. The van der Waals surface area contributed by atoms with Crippen molar-refractivity contribution in [3.63, 3.8) is 0 Å². The summed E-state index contributed by atoms with van der Waals surface area (Å²) in [5.74, 6) is -0.411. The van der Waals surface area contributed by atoms with Gasteiger partial charge in [-0.15, -0.1) is 0 Å². The lowest BCUT2D eigenvalue weighted by atomic mass is 10.0. The monoisotopic (exact) mass is 279 g/mol. The van der Waals surface area contributed by atoms with E-state index in [2.05, 4.69) is 5.32 Å². The molecule has 3 nitrogen and oxygen atoms in total. The first-order valence-corrected chi connectivity index (χ1v) is 7.57. The third-order valence-corrected chi connectivity index (χ3v) is 3.68. The molecule has 0 spiro atoms. The van der Waals surface area contributed by atoms with Crippen LogP contribution in [0.5, 0.6) is 0 Å². The highest BCUT2D eigenvalue weighted by Gasteiger charge is 2.16. The van der Waals surface area contributed by atoms with E-state index in [1.165, 1.54) is 6.07 Å². The zero-order valence-corrected chi connectivity index (χ0v) is 11.3. The molecule has 0 aliphatic carbocycles. The number of rotatable bonds is 5. The maximum absolute atomic E-state index is 13.6. The van der Waals surface area contributed by atoms with E-state index in [1.54, 1.807) is 19.2 Å². The molecule has 17 heavy (non-hydrogen) atoms. The Morgan fingerprint density at radius 2 is 2.12 bits per heavy atom. The molecule has 0 aliphatic heterocycles. The lowest BCUT2D eigenvalue weighted by Gasteiger charge is -2.16. The van der Waals surface area contributed by atoms with Crippen molar-refractivity contribution in [3.8, 4) is 0 Å². The van der Waals surface area contributed by atoms with E-state index in [4.69, 9.17) is 11.6 Å². The summed E-state index contributed by atoms with van der Waals surface area (Å²) in [6.07, 6.45) is 1.49. The molecular weight excluding hydrogens is 265 g/mol. The molecule has 0 amide bonds. The molecule has 1 N–H and O–H groups in total. The largest absolute Gasteiger partial charge is 0.313 e. The van der Waals surface area contributed by atoms with Crippen LogP contribution in [0, 0.1) is 5.82 Å². The van der Waals surface area contributed by atoms with Gasteiger partial charge in [0.1, 0.15) is 15.7 Å². The van der Waals surface area contributed by atoms with Gasteiger partial charge in [0, 0.05) is 22.9 Å². The highest BCUT2D eigenvalue weighted by molar-refractivity contribution is 7.90. The summed E-state index contributed by atoms with van der Waals surface area (Å²) in [6, 6.07) is 4.05. The normalized spacial score (nSPS) is 13.6. The summed E-state index contributed by atoms with van der Waals surface area (Å²) in [5, 5.41) is 3.23. The first kappa shape index (κ1) is 14.4. The Kier molecular flexibility index (Phi) is 4.91. The summed E-state index contributed by atoms with van der Waals surface area (Å²) in [5.41, 5.74) is 0.431. The second kappa shape index (κ2) is 5.80. The number of benzene rings is 1. The van der Waals surface area contributed by atoms with Gasteiger partial charge in [-0.25, -0.2) is 12.8 Å². The molecule has 0 heterocycles. The van der Waals surface area contributed by atoms with E-state index in [0.29, 0.717) is 17.0 Å². The van der Waals surface area contributed by atoms with Crippen molar-refractivity contribution in [1.29, 1.82) is 0 Å². The lowest BCUT2D eigenvalue weighted by Crippen LogP contribution is -2.21. The van der Waals surface area contributed by atoms with Gasteiger partial charge in [-0.3, -0.25) is 0 Å². The molecular formula is C11H15ClFNO2S. The average Bonchev–Trinajstić information content (AvgIpc) is 2.19. The maximum atomic E-state index is 13.6. The van der Waals surface area contributed by atoms with Crippen molar-refractivity contribution < 1.29 is 12.8 Å². The number of hydrogen-bond acceptors (Lipinski definition) is 3. The van der Waals surface area contributed by atoms with Gasteiger partial charge < -0.3 is 5.32 Å². The van der Waals surface area contributed by atoms with E-state index >= 15 is 0 Å². The molecule has 6 heteroatoms. The topological polar surface area (TPSA) is 46.2 Å². The Morgan fingerprint density at radius 3 is 2.59 bits per heavy atom. The summed E-state index contributed by atoms with van der Waals surface area (Å²) >= 11 is 5.66. The average molecular weight is 280 g/mol. The van der Waals surface area contributed by atoms with Gasteiger partial charge in [-0.1, -0.05) is 17.7 Å². The van der Waals surface area contributed by atoms with Gasteiger partial charge in [-0.05, 0) is 25.6 Å². The van der Waals surface area contributed by atoms with Crippen molar-refractivity contribution in [1.82, 2.24) is 5.32 Å². The van der Waals surface area contributed by atoms with Crippen LogP contribution in [0.3, 0.4) is 0 Å². The highest BCUT2D eigenvalue weighted by atomic mass is 35.5. The van der Waals surface area contributed by atoms with E-state index < -0.39 is 15.7 Å². The van der Waals surface area contributed by atoms with Crippen LogP contribution in [-0.2, 0) is 9.84 Å². The molecule has 0 radical (unpaired) electrons. The van der Waals surface area contributed by atoms with E-state index in [-0.39, 0.29) is 11.8 Å². The van der Waals surface area contributed by atoms with Crippen molar-refractivity contribution >= 4 is 21.4 Å². The van der Waals surface area contributed by atoms with Crippen LogP contribution in [-0.4, -0.2) is 27.5 Å². The minimum atomic E-state index is -3.05. The second-order valence-corrected chi connectivity index (χ2v) is 6.62. The molecule has 1 aromatic rings. The first-order chi connectivity index (χ1) is 7.83. The van der Waals surface area contributed by atoms with Gasteiger partial charge in [0.25, 0.3) is 0 Å². The van der Waals surface area contributed by atoms with Gasteiger partial charge in [0.2, 0.25) is 0 Å². The van der Waals surface area contributed by atoms with Crippen LogP contribution in [0.1, 0.15) is 18.0 Å². The third kappa shape index (κ3) is 4.61. The van der Waals surface area contributed by atoms with Crippen molar-refractivity contribution in [3.05, 3.63) is 34.6 Å². The Balaban J connectivity index is 2.86. The first-order valence-electron chi connectivity index (χ1n) is 5.13. The SMILES string of the molecule is CNC(CCS(C)(=O)=O)c1ccc(Cl)cc1F. The number of sulfone groups is 1. The molecule has 0 saturated heterocycles. The summed E-state index contributed by atoms with van der Waals surface area (Å²) in [6.45, 7) is 0. The number of nitrogens with one attached hydrogen (secondary N) is 1. The van der Waals surface area contributed by atoms with E-state index in [0.717, 1.165) is 6.26 Å². The molecule has 1 atom stereocenters. The Labute approximate surface area is 106 Å². The van der Waals surface area contributed by atoms with Crippen LogP contribution >= 0.6 is 11.6 Å². The Morgan fingerprint density at radius 1 is 1.47 bits per heavy atom. The fourth-order valence-corrected chi connectivity index (χ4v) is 2.39. The van der Waals surface area contributed by atoms with Gasteiger partial charge in [0.15, 0.2) is 0 Å². The second-order valence-electron chi connectivity index (χ2n) is 3.93. The minimum Gasteiger partial charge on any atom is -0.313 e. The van der Waals surface area contributed by atoms with Crippen LogP contribution in [0.4, 0.5) is 4.39 Å². The predicted molar refractivity (Wildman–Crippen MR) is 67.5 cm³/mol. The fourth-order valence-electron chi connectivity index (χ4n) is 1.57. The van der Waals surface area contributed by atoms with Gasteiger partial charge in [-0.2, -0.15) is 0 Å². The van der Waals surface area contributed by atoms with Crippen molar-refractivity contribution in [2.24, 2.45) is 0 Å². The Hall–Kier alpha value is -0.650. The molecule has 0 fully saturated rings. The van der Waals surface area contributed by atoms with Crippen molar-refractivity contribution in [2.45, 2.75) is 12.5 Å². The molecule has 96 valence electrons. The molecule has 0 aliphatic rings. The maximum Gasteiger partial charge on any atom is 0.147 e. The zero-order chi connectivity index (χ0) is 13.1. The molecule has 0 saturated carbocycles. The van der Waals surface area contributed by atoms with E-state index in [9.17, 15) is 12.8 Å². The van der Waals surface area contributed by atoms with E-state index in [1.807, 2.05) is 0 Å². The molecule has 0 aromatic heterocycles. The minimum absolute atomic E-state index is 0.0145. The molecule has 0 bridgehead atoms. The van der Waals surface area contributed by atoms with Crippen LogP contribution < -0.4 is 5.32 Å². The lowest BCUT2D eigenvalue weighted by molar-refractivity contribution is 0.520. The quantitative estimate of drug-likeness (QED) is 0.899. The van der Waals surface area contributed by atoms with Crippen LogP contribution in [0.2, 0.25) is 5.02 Å². The van der Waals surface area contributed by atoms with Crippen LogP contribution in [0.15, 0.2) is 18.2 Å². The fraction of sp³-hybridized carbons (Fsp3) is 0.455. The zero-order valence-electron chi connectivity index (χ0n) is 9.70. The molecule has 1 rings (SSSR count). The van der Waals surface area contributed by atoms with Gasteiger partial charge in [0.05, 0.1) is 5.75 Å². The summed E-state index contributed by atoms with van der Waals surface area (Å²) < 4.78 is 35.8. The van der Waals surface area contributed by atoms with Crippen molar-refractivity contribution in [2.75, 3.05) is 19.1 Å². The summed E-state index contributed by atoms with van der Waals surface area (Å²) in [7, 11) is -1.38. The third-order valence-electron chi connectivity index (χ3n) is 2.46. The molecule has 1 unspecified atom stereocenters. The smallest absolute Gasteiger partial charge is 0.147 e. The highest BCUT2D eigenvalue weighted by Crippen LogP contribution is 2.23.